The summed E-state index contributed by atoms with van der Waals surface area (Å²) in [5.41, 5.74) is 0. The molecule has 0 aliphatic rings. The second-order valence-electron chi connectivity index (χ2n) is 4.14. The molecule has 2 unspecified atom stereocenters. The maximum Gasteiger partial charge on any atom is 0.226 e. The van der Waals surface area contributed by atoms with Gasteiger partial charge < -0.3 is 14.6 Å². The molecule has 0 aliphatic heterocycles. The molecule has 0 fully saturated rings. The number of hydrogen-bond donors (Lipinski definition) is 1. The number of rotatable bonds is 8. The molecule has 5 heteroatoms. The Labute approximate surface area is 103 Å². The first kappa shape index (κ1) is 14.1. The van der Waals surface area contributed by atoms with Crippen LogP contribution in [-0.4, -0.2) is 29.3 Å². The second kappa shape index (κ2) is 7.40. The summed E-state index contributed by atoms with van der Waals surface area (Å²) in [6.45, 7) is 9.78. The standard InChI is InChI=1S/C12H23N3O2/c1-5-13-9(3)7-8-11-14-12(15-17-11)10(4)16-6-2/h9-10,13H,5-8H2,1-4H3. The summed E-state index contributed by atoms with van der Waals surface area (Å²) in [5.74, 6) is 1.33. The fraction of sp³-hybridized carbons (Fsp3) is 0.833. The molecule has 0 saturated carbocycles. The smallest absolute Gasteiger partial charge is 0.226 e. The molecule has 0 spiro atoms. The van der Waals surface area contributed by atoms with Crippen molar-refractivity contribution < 1.29 is 9.26 Å². The SMILES string of the molecule is CCNC(C)CCc1nc(C(C)OCC)no1. The second-order valence-corrected chi connectivity index (χ2v) is 4.14. The van der Waals surface area contributed by atoms with Gasteiger partial charge in [-0.05, 0) is 33.7 Å². The van der Waals surface area contributed by atoms with E-state index in [9.17, 15) is 0 Å². The van der Waals surface area contributed by atoms with Crippen molar-refractivity contribution in [1.29, 1.82) is 0 Å². The van der Waals surface area contributed by atoms with E-state index in [1.54, 1.807) is 0 Å². The van der Waals surface area contributed by atoms with Gasteiger partial charge >= 0.3 is 0 Å². The van der Waals surface area contributed by atoms with E-state index >= 15 is 0 Å². The highest BCUT2D eigenvalue weighted by Gasteiger charge is 2.14. The molecule has 0 amide bonds. The minimum atomic E-state index is -0.0938. The molecule has 1 aromatic heterocycles. The Hall–Kier alpha value is -0.940. The maximum absolute atomic E-state index is 5.41. The third-order valence-corrected chi connectivity index (χ3v) is 2.61. The molecule has 0 saturated heterocycles. The van der Waals surface area contributed by atoms with Crippen molar-refractivity contribution in [2.24, 2.45) is 0 Å². The van der Waals surface area contributed by atoms with E-state index in [2.05, 4.69) is 29.3 Å². The van der Waals surface area contributed by atoms with E-state index in [4.69, 9.17) is 9.26 Å². The molecule has 1 N–H and O–H groups in total. The highest BCUT2D eigenvalue weighted by molar-refractivity contribution is 4.90. The number of ether oxygens (including phenoxy) is 1. The van der Waals surface area contributed by atoms with E-state index in [1.165, 1.54) is 0 Å². The lowest BCUT2D eigenvalue weighted by Gasteiger charge is -2.09. The van der Waals surface area contributed by atoms with Crippen molar-refractivity contribution >= 4 is 0 Å². The zero-order valence-electron chi connectivity index (χ0n) is 11.2. The molecule has 17 heavy (non-hydrogen) atoms. The van der Waals surface area contributed by atoms with E-state index in [0.717, 1.165) is 19.4 Å². The number of nitrogens with zero attached hydrogens (tertiary/aromatic N) is 2. The third-order valence-electron chi connectivity index (χ3n) is 2.61. The largest absolute Gasteiger partial charge is 0.371 e. The Kier molecular flexibility index (Phi) is 6.15. The first-order chi connectivity index (χ1) is 8.17. The van der Waals surface area contributed by atoms with Crippen LogP contribution in [0, 0.1) is 0 Å². The average molecular weight is 241 g/mol. The molecule has 0 aliphatic carbocycles. The van der Waals surface area contributed by atoms with Gasteiger partial charge in [-0.1, -0.05) is 12.1 Å². The van der Waals surface area contributed by atoms with Crippen molar-refractivity contribution in [2.75, 3.05) is 13.2 Å². The van der Waals surface area contributed by atoms with Crippen LogP contribution in [0.3, 0.4) is 0 Å². The summed E-state index contributed by atoms with van der Waals surface area (Å²) in [6.07, 6.45) is 1.71. The van der Waals surface area contributed by atoms with Gasteiger partial charge in [-0.15, -0.1) is 0 Å². The predicted molar refractivity (Wildman–Crippen MR) is 65.8 cm³/mol. The molecule has 1 rings (SSSR count). The average Bonchev–Trinajstić information content (AvgIpc) is 2.76. The van der Waals surface area contributed by atoms with Gasteiger partial charge in [0.2, 0.25) is 5.89 Å². The summed E-state index contributed by atoms with van der Waals surface area (Å²) in [6, 6.07) is 0.472. The van der Waals surface area contributed by atoms with Crippen molar-refractivity contribution in [3.63, 3.8) is 0 Å². The van der Waals surface area contributed by atoms with Gasteiger partial charge in [-0.3, -0.25) is 0 Å². The van der Waals surface area contributed by atoms with Crippen LogP contribution in [-0.2, 0) is 11.2 Å². The Bertz CT molecular complexity index is 314. The van der Waals surface area contributed by atoms with Crippen LogP contribution in [0.1, 0.15) is 51.9 Å². The topological polar surface area (TPSA) is 60.2 Å². The summed E-state index contributed by atoms with van der Waals surface area (Å²) < 4.78 is 10.6. The van der Waals surface area contributed by atoms with Gasteiger partial charge in [0.15, 0.2) is 5.82 Å². The van der Waals surface area contributed by atoms with Gasteiger partial charge in [0.25, 0.3) is 0 Å². The Morgan fingerprint density at radius 3 is 2.76 bits per heavy atom. The molecule has 1 aromatic rings. The van der Waals surface area contributed by atoms with E-state index in [1.807, 2.05) is 13.8 Å². The van der Waals surface area contributed by atoms with E-state index in [0.29, 0.717) is 24.4 Å². The molecular weight excluding hydrogens is 218 g/mol. The lowest BCUT2D eigenvalue weighted by Crippen LogP contribution is -2.25. The molecule has 0 radical (unpaired) electrons. The monoisotopic (exact) mass is 241 g/mol. The van der Waals surface area contributed by atoms with Crippen LogP contribution in [0.5, 0.6) is 0 Å². The van der Waals surface area contributed by atoms with Gasteiger partial charge in [0.05, 0.1) is 0 Å². The van der Waals surface area contributed by atoms with Crippen LogP contribution in [0.25, 0.3) is 0 Å². The van der Waals surface area contributed by atoms with Crippen molar-refractivity contribution in [3.8, 4) is 0 Å². The van der Waals surface area contributed by atoms with Crippen LogP contribution < -0.4 is 5.32 Å². The summed E-state index contributed by atoms with van der Waals surface area (Å²) in [5, 5.41) is 7.28. The molecule has 2 atom stereocenters. The Morgan fingerprint density at radius 1 is 1.35 bits per heavy atom. The van der Waals surface area contributed by atoms with Gasteiger partial charge in [-0.2, -0.15) is 4.98 Å². The zero-order valence-corrected chi connectivity index (χ0v) is 11.2. The van der Waals surface area contributed by atoms with Crippen molar-refractivity contribution in [2.45, 2.75) is 52.7 Å². The Morgan fingerprint density at radius 2 is 2.12 bits per heavy atom. The normalized spacial score (nSPS) is 14.8. The zero-order chi connectivity index (χ0) is 12.7. The molecule has 0 aromatic carbocycles. The molecule has 98 valence electrons. The third kappa shape index (κ3) is 4.83. The van der Waals surface area contributed by atoms with Gasteiger partial charge in [0.1, 0.15) is 6.10 Å². The van der Waals surface area contributed by atoms with E-state index in [-0.39, 0.29) is 6.10 Å². The predicted octanol–water partition coefficient (Wildman–Crippen LogP) is 2.10. The van der Waals surface area contributed by atoms with Crippen molar-refractivity contribution in [1.82, 2.24) is 15.5 Å². The van der Waals surface area contributed by atoms with Gasteiger partial charge in [-0.25, -0.2) is 0 Å². The fourth-order valence-electron chi connectivity index (χ4n) is 1.65. The fourth-order valence-corrected chi connectivity index (χ4v) is 1.65. The summed E-state index contributed by atoms with van der Waals surface area (Å²) >= 11 is 0. The van der Waals surface area contributed by atoms with Crippen LogP contribution in [0.15, 0.2) is 4.52 Å². The lowest BCUT2D eigenvalue weighted by atomic mass is 10.2. The minimum Gasteiger partial charge on any atom is -0.371 e. The molecule has 5 nitrogen and oxygen atoms in total. The quantitative estimate of drug-likeness (QED) is 0.755. The molecular formula is C12H23N3O2. The summed E-state index contributed by atoms with van der Waals surface area (Å²) in [4.78, 5) is 4.33. The summed E-state index contributed by atoms with van der Waals surface area (Å²) in [7, 11) is 0. The van der Waals surface area contributed by atoms with Crippen LogP contribution in [0.4, 0.5) is 0 Å². The van der Waals surface area contributed by atoms with Crippen LogP contribution in [0.2, 0.25) is 0 Å². The first-order valence-corrected chi connectivity index (χ1v) is 6.34. The van der Waals surface area contributed by atoms with E-state index < -0.39 is 0 Å². The highest BCUT2D eigenvalue weighted by atomic mass is 16.5. The highest BCUT2D eigenvalue weighted by Crippen LogP contribution is 2.13. The minimum absolute atomic E-state index is 0.0938. The number of nitrogens with one attached hydrogen (secondary N) is 1. The van der Waals surface area contributed by atoms with Crippen molar-refractivity contribution in [3.05, 3.63) is 11.7 Å². The number of aromatic nitrogens is 2. The first-order valence-electron chi connectivity index (χ1n) is 6.34. The van der Waals surface area contributed by atoms with Crippen LogP contribution >= 0.6 is 0 Å². The lowest BCUT2D eigenvalue weighted by molar-refractivity contribution is 0.0683. The molecule has 1 heterocycles. The number of hydrogen-bond acceptors (Lipinski definition) is 5. The Balaban J connectivity index is 2.40. The maximum atomic E-state index is 5.41. The molecule has 0 bridgehead atoms. The van der Waals surface area contributed by atoms with Gasteiger partial charge in [0, 0.05) is 19.1 Å². The number of aryl methyl sites for hydroxylation is 1.